The largest absolute Gasteiger partial charge is 0.397 e. The first-order valence-corrected chi connectivity index (χ1v) is 11.6. The number of halogens is 3. The van der Waals surface area contributed by atoms with Crippen LogP contribution in [0.5, 0.6) is 0 Å². The maximum absolute atomic E-state index is 13.1. The average Bonchev–Trinajstić information content (AvgIpc) is 3.37. The number of nitrogens with two attached hydrogens (primary N) is 1. The van der Waals surface area contributed by atoms with Crippen LogP contribution in [0.25, 0.3) is 31.6 Å². The Labute approximate surface area is 202 Å². The Morgan fingerprint density at radius 3 is 2.37 bits per heavy atom. The molecule has 4 rings (SSSR count). The quantitative estimate of drug-likeness (QED) is 0.268. The van der Waals surface area contributed by atoms with Crippen LogP contribution >= 0.6 is 11.3 Å². The molecule has 182 valence electrons. The zero-order valence-corrected chi connectivity index (χ0v) is 19.7. The first-order valence-electron chi connectivity index (χ1n) is 10.8. The van der Waals surface area contributed by atoms with Gasteiger partial charge in [-0.1, -0.05) is 43.3 Å². The smallest absolute Gasteiger partial charge is 0.363 e. The molecule has 1 unspecified atom stereocenters. The molecule has 4 aromatic rings. The first kappa shape index (κ1) is 24.5. The number of Topliss-reactive ketones (excluding diaryl/α,β-unsaturated/α-hetero) is 1. The van der Waals surface area contributed by atoms with Crippen molar-refractivity contribution in [1.82, 2.24) is 9.47 Å². The van der Waals surface area contributed by atoms with Gasteiger partial charge in [0, 0.05) is 17.1 Å². The number of carbonyl (C=O) groups is 3. The SMILES string of the molecule is CCC(N(C)C(=O)CC(F)(F)F)n1c(-c2cc3ccccc3s2)c(C(=O)C(N)=O)c2ccccc21. The summed E-state index contributed by atoms with van der Waals surface area (Å²) in [6.07, 6.45) is -6.88. The number of aromatic nitrogens is 1. The highest BCUT2D eigenvalue weighted by molar-refractivity contribution is 7.22. The monoisotopic (exact) mass is 501 g/mol. The molecule has 0 aliphatic rings. The van der Waals surface area contributed by atoms with Crippen LogP contribution in [0.2, 0.25) is 0 Å². The van der Waals surface area contributed by atoms with Gasteiger partial charge in [-0.3, -0.25) is 14.4 Å². The van der Waals surface area contributed by atoms with Crippen molar-refractivity contribution < 1.29 is 27.6 Å². The number of hydrogen-bond donors (Lipinski definition) is 1. The summed E-state index contributed by atoms with van der Waals surface area (Å²) in [5, 5.41) is 1.33. The maximum Gasteiger partial charge on any atom is 0.397 e. The lowest BCUT2D eigenvalue weighted by Crippen LogP contribution is -2.37. The fraction of sp³-hybridized carbons (Fsp3) is 0.240. The summed E-state index contributed by atoms with van der Waals surface area (Å²) in [5.41, 5.74) is 6.30. The number of rotatable bonds is 7. The predicted octanol–water partition coefficient (Wildman–Crippen LogP) is 5.51. The van der Waals surface area contributed by atoms with Gasteiger partial charge in [0.1, 0.15) is 12.6 Å². The van der Waals surface area contributed by atoms with Crippen LogP contribution in [0.4, 0.5) is 13.2 Å². The molecule has 6 nitrogen and oxygen atoms in total. The van der Waals surface area contributed by atoms with Crippen LogP contribution < -0.4 is 5.73 Å². The molecule has 0 aliphatic carbocycles. The average molecular weight is 502 g/mol. The summed E-state index contributed by atoms with van der Waals surface area (Å²) in [5.74, 6) is -3.16. The highest BCUT2D eigenvalue weighted by Gasteiger charge is 2.36. The third kappa shape index (κ3) is 4.53. The summed E-state index contributed by atoms with van der Waals surface area (Å²) in [7, 11) is 1.31. The highest BCUT2D eigenvalue weighted by Crippen LogP contribution is 2.43. The minimum Gasteiger partial charge on any atom is -0.363 e. The number of alkyl halides is 3. The standard InChI is InChI=1S/C25H22F3N3O3S/c1-3-19(30(2)20(32)13-25(26,27)28)31-16-10-6-5-9-15(16)21(23(33)24(29)34)22(31)18-12-14-8-4-7-11-17(14)35-18/h4-12,19H,3,13H2,1-2H3,(H2,29,34). The molecule has 0 saturated heterocycles. The third-order valence-corrected chi connectivity index (χ3v) is 7.00. The van der Waals surface area contributed by atoms with Crippen LogP contribution in [0.1, 0.15) is 36.3 Å². The normalized spacial score (nSPS) is 12.7. The molecule has 2 heterocycles. The number of primary amides is 1. The molecule has 2 aromatic heterocycles. The van der Waals surface area contributed by atoms with Crippen LogP contribution in [0.3, 0.4) is 0 Å². The van der Waals surface area contributed by atoms with Crippen LogP contribution in [-0.2, 0) is 9.59 Å². The first-order chi connectivity index (χ1) is 16.5. The Morgan fingerprint density at radius 2 is 1.74 bits per heavy atom. The topological polar surface area (TPSA) is 85.4 Å². The Hall–Kier alpha value is -3.66. The molecule has 2 amide bonds. The number of fused-ring (bicyclic) bond motifs is 2. The molecule has 0 aliphatic heterocycles. The second-order valence-electron chi connectivity index (χ2n) is 8.14. The van der Waals surface area contributed by atoms with Crippen molar-refractivity contribution in [3.05, 3.63) is 60.2 Å². The zero-order valence-electron chi connectivity index (χ0n) is 18.9. The van der Waals surface area contributed by atoms with E-state index in [1.54, 1.807) is 35.8 Å². The third-order valence-electron chi connectivity index (χ3n) is 5.88. The summed E-state index contributed by atoms with van der Waals surface area (Å²) in [6, 6.07) is 16.2. The zero-order chi connectivity index (χ0) is 25.5. The van der Waals surface area contributed by atoms with Crippen molar-refractivity contribution in [1.29, 1.82) is 0 Å². The van der Waals surface area contributed by atoms with E-state index >= 15 is 0 Å². The van der Waals surface area contributed by atoms with Crippen molar-refractivity contribution in [2.45, 2.75) is 32.1 Å². The number of para-hydroxylation sites is 1. The van der Waals surface area contributed by atoms with Gasteiger partial charge in [-0.05, 0) is 30.0 Å². The molecular formula is C25H22F3N3O3S. The van der Waals surface area contributed by atoms with E-state index in [4.69, 9.17) is 5.73 Å². The summed E-state index contributed by atoms with van der Waals surface area (Å²) >= 11 is 1.37. The Morgan fingerprint density at radius 1 is 1.09 bits per heavy atom. The molecule has 10 heteroatoms. The van der Waals surface area contributed by atoms with E-state index in [9.17, 15) is 27.6 Å². The van der Waals surface area contributed by atoms with Crippen molar-refractivity contribution in [3.8, 4) is 10.6 Å². The maximum atomic E-state index is 13.1. The molecule has 2 N–H and O–H groups in total. The Balaban J connectivity index is 2.04. The van der Waals surface area contributed by atoms with E-state index < -0.39 is 36.4 Å². The van der Waals surface area contributed by atoms with E-state index in [1.165, 1.54) is 18.4 Å². The molecule has 1 atom stereocenters. The fourth-order valence-electron chi connectivity index (χ4n) is 4.36. The fourth-order valence-corrected chi connectivity index (χ4v) is 5.47. The second kappa shape index (κ2) is 9.18. The second-order valence-corrected chi connectivity index (χ2v) is 9.22. The molecule has 0 radical (unpaired) electrons. The molecule has 0 saturated carbocycles. The molecule has 2 aromatic carbocycles. The molecule has 0 fully saturated rings. The Bertz CT molecular complexity index is 1420. The van der Waals surface area contributed by atoms with Crippen molar-refractivity contribution >= 4 is 49.9 Å². The van der Waals surface area contributed by atoms with E-state index in [-0.39, 0.29) is 12.0 Å². The van der Waals surface area contributed by atoms with Crippen LogP contribution in [0, 0.1) is 0 Å². The number of nitrogens with zero attached hydrogens (tertiary/aromatic N) is 2. The number of benzene rings is 2. The lowest BCUT2D eigenvalue weighted by Gasteiger charge is -2.31. The van der Waals surface area contributed by atoms with Gasteiger partial charge in [0.05, 0.1) is 21.7 Å². The molecule has 35 heavy (non-hydrogen) atoms. The van der Waals surface area contributed by atoms with E-state index in [2.05, 4.69) is 0 Å². The van der Waals surface area contributed by atoms with Gasteiger partial charge in [-0.2, -0.15) is 13.2 Å². The lowest BCUT2D eigenvalue weighted by molar-refractivity contribution is -0.163. The molecule has 0 spiro atoms. The van der Waals surface area contributed by atoms with Gasteiger partial charge in [0.2, 0.25) is 5.91 Å². The molecule has 0 bridgehead atoms. The van der Waals surface area contributed by atoms with Gasteiger partial charge in [-0.25, -0.2) is 0 Å². The minimum atomic E-state index is -4.66. The lowest BCUT2D eigenvalue weighted by atomic mass is 10.0. The summed E-state index contributed by atoms with van der Waals surface area (Å²) in [6.45, 7) is 1.74. The van der Waals surface area contributed by atoms with E-state index in [0.29, 0.717) is 21.5 Å². The number of thiophene rings is 1. The van der Waals surface area contributed by atoms with Crippen molar-refractivity contribution in [2.24, 2.45) is 5.73 Å². The Kier molecular flexibility index (Phi) is 6.42. The number of hydrogen-bond acceptors (Lipinski definition) is 4. The number of carbonyl (C=O) groups excluding carboxylic acids is 3. The molecular weight excluding hydrogens is 479 g/mol. The van der Waals surface area contributed by atoms with Crippen molar-refractivity contribution in [3.63, 3.8) is 0 Å². The summed E-state index contributed by atoms with van der Waals surface area (Å²) < 4.78 is 41.6. The number of amides is 2. The van der Waals surface area contributed by atoms with Gasteiger partial charge < -0.3 is 15.2 Å². The van der Waals surface area contributed by atoms with Crippen molar-refractivity contribution in [2.75, 3.05) is 7.05 Å². The highest BCUT2D eigenvalue weighted by atomic mass is 32.1. The van der Waals surface area contributed by atoms with Gasteiger partial charge >= 0.3 is 6.18 Å². The number of ketones is 1. The van der Waals surface area contributed by atoms with Crippen LogP contribution in [-0.4, -0.2) is 40.3 Å². The van der Waals surface area contributed by atoms with E-state index in [1.807, 2.05) is 30.3 Å². The van der Waals surface area contributed by atoms with Gasteiger partial charge in [-0.15, -0.1) is 11.3 Å². The minimum absolute atomic E-state index is 0.0646. The predicted molar refractivity (Wildman–Crippen MR) is 129 cm³/mol. The van der Waals surface area contributed by atoms with E-state index in [0.717, 1.165) is 15.0 Å². The summed E-state index contributed by atoms with van der Waals surface area (Å²) in [4.78, 5) is 39.3. The van der Waals surface area contributed by atoms with Crippen LogP contribution in [0.15, 0.2) is 54.6 Å². The van der Waals surface area contributed by atoms with Gasteiger partial charge in [0.25, 0.3) is 11.7 Å². The van der Waals surface area contributed by atoms with Gasteiger partial charge in [0.15, 0.2) is 0 Å².